The number of sulfonamides is 1. The summed E-state index contributed by atoms with van der Waals surface area (Å²) >= 11 is 5.72. The molecule has 7 heteroatoms. The van der Waals surface area contributed by atoms with Gasteiger partial charge in [0.1, 0.15) is 5.82 Å². The van der Waals surface area contributed by atoms with E-state index in [1.54, 1.807) is 24.3 Å². The summed E-state index contributed by atoms with van der Waals surface area (Å²) in [7, 11) is -1.85. The molecule has 1 aromatic carbocycles. The maximum Gasteiger partial charge on any atom is 0.263 e. The number of aromatic nitrogens is 1. The molecule has 1 unspecified atom stereocenters. The molecule has 1 heterocycles. The molecule has 0 aliphatic heterocycles. The fraction of sp³-hybridized carbons (Fsp3) is 0.214. The third kappa shape index (κ3) is 3.93. The molecule has 21 heavy (non-hydrogen) atoms. The Morgan fingerprint density at radius 1 is 1.24 bits per heavy atom. The molecule has 0 fully saturated rings. The van der Waals surface area contributed by atoms with Crippen molar-refractivity contribution in [2.45, 2.75) is 17.9 Å². The van der Waals surface area contributed by atoms with E-state index in [1.165, 1.54) is 12.3 Å². The summed E-state index contributed by atoms with van der Waals surface area (Å²) in [4.78, 5) is 4.12. The van der Waals surface area contributed by atoms with Gasteiger partial charge in [-0.25, -0.2) is 13.4 Å². The van der Waals surface area contributed by atoms with Gasteiger partial charge in [-0.05, 0) is 43.8 Å². The molecule has 0 aliphatic rings. The first-order valence-electron chi connectivity index (χ1n) is 6.34. The number of hydrogen-bond acceptors (Lipinski definition) is 4. The highest BCUT2D eigenvalue weighted by molar-refractivity contribution is 7.92. The second-order valence-corrected chi connectivity index (χ2v) is 6.67. The van der Waals surface area contributed by atoms with Gasteiger partial charge in [-0.1, -0.05) is 23.7 Å². The topological polar surface area (TPSA) is 71.1 Å². The van der Waals surface area contributed by atoms with Gasteiger partial charge in [0.25, 0.3) is 10.0 Å². The van der Waals surface area contributed by atoms with Crippen LogP contribution in [0.2, 0.25) is 5.02 Å². The van der Waals surface area contributed by atoms with E-state index in [2.05, 4.69) is 15.0 Å². The Labute approximate surface area is 129 Å². The zero-order chi connectivity index (χ0) is 15.5. The summed E-state index contributed by atoms with van der Waals surface area (Å²) in [6.45, 7) is 1.96. The minimum absolute atomic E-state index is 0.0637. The van der Waals surface area contributed by atoms with Crippen LogP contribution in [0.15, 0.2) is 47.5 Å². The van der Waals surface area contributed by atoms with Crippen molar-refractivity contribution in [1.29, 1.82) is 0 Å². The van der Waals surface area contributed by atoms with Crippen molar-refractivity contribution in [3.05, 3.63) is 53.2 Å². The fourth-order valence-electron chi connectivity index (χ4n) is 1.75. The van der Waals surface area contributed by atoms with Gasteiger partial charge >= 0.3 is 0 Å². The smallest absolute Gasteiger partial charge is 0.263 e. The summed E-state index contributed by atoms with van der Waals surface area (Å²) < 4.78 is 27.1. The standard InChI is InChI=1S/C14H16ClN3O2S/c1-10(16-2)11-4-3-5-13(8-11)21(19,20)18-14-7-6-12(15)9-17-14/h3-10,16H,1-2H3,(H,17,18). The van der Waals surface area contributed by atoms with E-state index in [1.807, 2.05) is 20.0 Å². The van der Waals surface area contributed by atoms with Crippen molar-refractivity contribution in [2.75, 3.05) is 11.8 Å². The fourth-order valence-corrected chi connectivity index (χ4v) is 2.93. The number of halogens is 1. The van der Waals surface area contributed by atoms with Crippen molar-refractivity contribution in [2.24, 2.45) is 0 Å². The van der Waals surface area contributed by atoms with Crippen LogP contribution < -0.4 is 10.0 Å². The second-order valence-electron chi connectivity index (χ2n) is 4.55. The van der Waals surface area contributed by atoms with E-state index in [4.69, 9.17) is 11.6 Å². The van der Waals surface area contributed by atoms with E-state index >= 15 is 0 Å². The summed E-state index contributed by atoms with van der Waals surface area (Å²) in [5.74, 6) is 0.228. The summed E-state index contributed by atoms with van der Waals surface area (Å²) in [5.41, 5.74) is 0.893. The molecule has 0 aliphatic carbocycles. The van der Waals surface area contributed by atoms with Crippen molar-refractivity contribution in [1.82, 2.24) is 10.3 Å². The highest BCUT2D eigenvalue weighted by Crippen LogP contribution is 2.20. The van der Waals surface area contributed by atoms with Crippen LogP contribution in [0.1, 0.15) is 18.5 Å². The molecule has 1 aromatic heterocycles. The Balaban J connectivity index is 2.29. The zero-order valence-electron chi connectivity index (χ0n) is 11.7. The summed E-state index contributed by atoms with van der Waals surface area (Å²) in [5, 5.41) is 3.52. The van der Waals surface area contributed by atoms with E-state index in [9.17, 15) is 8.42 Å². The number of hydrogen-bond donors (Lipinski definition) is 2. The SMILES string of the molecule is CNC(C)c1cccc(S(=O)(=O)Nc2ccc(Cl)cn2)c1. The quantitative estimate of drug-likeness (QED) is 0.886. The number of rotatable bonds is 5. The van der Waals surface area contributed by atoms with E-state index in [0.29, 0.717) is 5.02 Å². The van der Waals surface area contributed by atoms with E-state index in [-0.39, 0.29) is 16.8 Å². The predicted octanol–water partition coefficient (Wildman–Crippen LogP) is 2.82. The van der Waals surface area contributed by atoms with Crippen LogP contribution >= 0.6 is 11.6 Å². The van der Waals surface area contributed by atoms with Crippen molar-refractivity contribution in [3.63, 3.8) is 0 Å². The summed E-state index contributed by atoms with van der Waals surface area (Å²) in [6, 6.07) is 9.93. The van der Waals surface area contributed by atoms with E-state index in [0.717, 1.165) is 5.56 Å². The molecule has 0 saturated carbocycles. The number of pyridine rings is 1. The van der Waals surface area contributed by atoms with Gasteiger partial charge in [0.05, 0.1) is 9.92 Å². The van der Waals surface area contributed by atoms with Gasteiger partial charge in [0, 0.05) is 12.2 Å². The first-order valence-corrected chi connectivity index (χ1v) is 8.20. The monoisotopic (exact) mass is 325 g/mol. The number of nitrogens with zero attached hydrogens (tertiary/aromatic N) is 1. The van der Waals surface area contributed by atoms with Crippen LogP contribution in [0, 0.1) is 0 Å². The molecule has 2 rings (SSSR count). The predicted molar refractivity (Wildman–Crippen MR) is 84.0 cm³/mol. The average Bonchev–Trinajstić information content (AvgIpc) is 2.49. The van der Waals surface area contributed by atoms with Crippen LogP contribution in [-0.2, 0) is 10.0 Å². The highest BCUT2D eigenvalue weighted by Gasteiger charge is 2.16. The zero-order valence-corrected chi connectivity index (χ0v) is 13.2. The third-order valence-corrected chi connectivity index (χ3v) is 4.64. The van der Waals surface area contributed by atoms with Gasteiger partial charge < -0.3 is 5.32 Å². The lowest BCUT2D eigenvalue weighted by atomic mass is 10.1. The lowest BCUT2D eigenvalue weighted by Gasteiger charge is -2.13. The van der Waals surface area contributed by atoms with Gasteiger partial charge in [-0.3, -0.25) is 4.72 Å². The van der Waals surface area contributed by atoms with Gasteiger partial charge in [0.2, 0.25) is 0 Å². The first-order chi connectivity index (χ1) is 9.92. The molecule has 0 spiro atoms. The third-order valence-electron chi connectivity index (χ3n) is 3.07. The van der Waals surface area contributed by atoms with Crippen LogP contribution in [0.5, 0.6) is 0 Å². The van der Waals surface area contributed by atoms with Crippen LogP contribution in [-0.4, -0.2) is 20.4 Å². The minimum Gasteiger partial charge on any atom is -0.313 e. The molecule has 0 radical (unpaired) electrons. The van der Waals surface area contributed by atoms with Crippen molar-refractivity contribution in [3.8, 4) is 0 Å². The Kier molecular flexibility index (Phi) is 4.82. The molecule has 0 bridgehead atoms. The normalized spacial score (nSPS) is 12.9. The molecular weight excluding hydrogens is 310 g/mol. The molecular formula is C14H16ClN3O2S. The number of anilines is 1. The Morgan fingerprint density at radius 3 is 2.62 bits per heavy atom. The first kappa shape index (κ1) is 15.8. The summed E-state index contributed by atoms with van der Waals surface area (Å²) in [6.07, 6.45) is 1.39. The second kappa shape index (κ2) is 6.43. The lowest BCUT2D eigenvalue weighted by Crippen LogP contribution is -2.16. The van der Waals surface area contributed by atoms with Crippen molar-refractivity contribution < 1.29 is 8.42 Å². The molecule has 112 valence electrons. The van der Waals surface area contributed by atoms with Gasteiger partial charge in [-0.15, -0.1) is 0 Å². The Morgan fingerprint density at radius 2 is 2.00 bits per heavy atom. The van der Waals surface area contributed by atoms with Crippen molar-refractivity contribution >= 4 is 27.4 Å². The molecule has 5 nitrogen and oxygen atoms in total. The van der Waals surface area contributed by atoms with Crippen LogP contribution in [0.3, 0.4) is 0 Å². The number of nitrogens with one attached hydrogen (secondary N) is 2. The van der Waals surface area contributed by atoms with Crippen LogP contribution in [0.4, 0.5) is 5.82 Å². The molecule has 0 amide bonds. The molecule has 1 atom stereocenters. The average molecular weight is 326 g/mol. The largest absolute Gasteiger partial charge is 0.313 e. The molecule has 2 aromatic rings. The lowest BCUT2D eigenvalue weighted by molar-refractivity contribution is 0.600. The maximum absolute atomic E-state index is 12.3. The molecule has 2 N–H and O–H groups in total. The van der Waals surface area contributed by atoms with Gasteiger partial charge in [-0.2, -0.15) is 0 Å². The Bertz CT molecular complexity index is 717. The van der Waals surface area contributed by atoms with Crippen LogP contribution in [0.25, 0.3) is 0 Å². The Hall–Kier alpha value is -1.63. The van der Waals surface area contributed by atoms with E-state index < -0.39 is 10.0 Å². The molecule has 0 saturated heterocycles. The minimum atomic E-state index is -3.67. The highest BCUT2D eigenvalue weighted by atomic mass is 35.5. The maximum atomic E-state index is 12.3. The number of benzene rings is 1. The van der Waals surface area contributed by atoms with Gasteiger partial charge in [0.15, 0.2) is 0 Å².